The van der Waals surface area contributed by atoms with Gasteiger partial charge in [0.25, 0.3) is 8.18 Å². The molecule has 1 saturated heterocycles. The Labute approximate surface area is 250 Å². The molecule has 0 radical (unpaired) electrons. The molecule has 2 aromatic heterocycles. The number of hydrogen-bond donors (Lipinski definition) is 2. The molecule has 0 saturated carbocycles. The van der Waals surface area contributed by atoms with Crippen LogP contribution in [0, 0.1) is 5.92 Å². The maximum absolute atomic E-state index is 15.1. The van der Waals surface area contributed by atoms with Gasteiger partial charge in [0.2, 0.25) is 0 Å². The van der Waals surface area contributed by atoms with Crippen molar-refractivity contribution in [1.29, 1.82) is 0 Å². The highest BCUT2D eigenvalue weighted by Gasteiger charge is 2.61. The van der Waals surface area contributed by atoms with Gasteiger partial charge in [-0.2, -0.15) is 5.10 Å². The van der Waals surface area contributed by atoms with Gasteiger partial charge >= 0.3 is 17.9 Å². The number of alkyl halides is 1. The quantitative estimate of drug-likeness (QED) is 0.157. The normalized spacial score (nSPS) is 23.3. The van der Waals surface area contributed by atoms with E-state index in [9.17, 15) is 18.9 Å². The largest absolute Gasteiger partial charge is 0.464 e. The van der Waals surface area contributed by atoms with E-state index in [0.29, 0.717) is 11.2 Å². The van der Waals surface area contributed by atoms with E-state index in [1.807, 2.05) is 13.8 Å². The molecule has 0 spiro atoms. The number of rotatable bonds is 16. The van der Waals surface area contributed by atoms with Crippen LogP contribution in [0.25, 0.3) is 5.52 Å². The molecule has 0 bridgehead atoms. The van der Waals surface area contributed by atoms with Crippen molar-refractivity contribution in [1.82, 2.24) is 19.7 Å². The van der Waals surface area contributed by atoms with Gasteiger partial charge in [-0.1, -0.05) is 40.5 Å². The fraction of sp³-hybridized carbons (Fsp3) is 0.667. The number of nitrogens with zero attached hydrogens (tertiary/aromatic N) is 3. The van der Waals surface area contributed by atoms with Gasteiger partial charge < -0.3 is 29.2 Å². The minimum Gasteiger partial charge on any atom is -0.464 e. The van der Waals surface area contributed by atoms with E-state index in [-0.39, 0.29) is 31.2 Å². The second-order valence-electron chi connectivity index (χ2n) is 10.3. The van der Waals surface area contributed by atoms with Gasteiger partial charge in [0.1, 0.15) is 30.7 Å². The molecule has 1 aliphatic rings. The molecule has 240 valence electrons. The second kappa shape index (κ2) is 15.6. The predicted molar refractivity (Wildman–Crippen MR) is 153 cm³/mol. The first kappa shape index (κ1) is 34.4. The summed E-state index contributed by atoms with van der Waals surface area (Å²) >= 11 is 0. The number of anilines is 1. The molecule has 43 heavy (non-hydrogen) atoms. The molecule has 6 atom stereocenters. The minimum atomic E-state index is -3.17. The van der Waals surface area contributed by atoms with Crippen molar-refractivity contribution in [3.05, 3.63) is 24.2 Å². The summed E-state index contributed by atoms with van der Waals surface area (Å²) in [5, 5.41) is 6.73. The van der Waals surface area contributed by atoms with E-state index in [0.717, 1.165) is 12.8 Å². The van der Waals surface area contributed by atoms with Crippen LogP contribution in [-0.4, -0.2) is 76.2 Å². The number of carbonyl (C=O) groups is 3. The Morgan fingerprint density at radius 3 is 2.47 bits per heavy atom. The van der Waals surface area contributed by atoms with Crippen LogP contribution in [0.5, 0.6) is 0 Å². The average Bonchev–Trinajstić information content (AvgIpc) is 3.56. The molecule has 2 aromatic rings. The third-order valence-electron chi connectivity index (χ3n) is 7.36. The van der Waals surface area contributed by atoms with Crippen LogP contribution < -0.4 is 10.8 Å². The van der Waals surface area contributed by atoms with E-state index in [2.05, 4.69) is 15.2 Å². The zero-order valence-corrected chi connectivity index (χ0v) is 26.0. The van der Waals surface area contributed by atoms with Gasteiger partial charge in [0.15, 0.2) is 23.6 Å². The summed E-state index contributed by atoms with van der Waals surface area (Å²) in [6, 6.07) is 2.21. The summed E-state index contributed by atoms with van der Waals surface area (Å²) in [6.45, 7) is 6.85. The van der Waals surface area contributed by atoms with E-state index in [1.165, 1.54) is 17.8 Å². The Kier molecular flexibility index (Phi) is 12.4. The molecule has 14 nitrogen and oxygen atoms in total. The number of carbonyl (C=O) groups excluding carboxylic acids is 3. The van der Waals surface area contributed by atoms with Crippen LogP contribution in [0.2, 0.25) is 0 Å². The molecule has 0 amide bonds. The highest BCUT2D eigenvalue weighted by molar-refractivity contribution is 7.36. The van der Waals surface area contributed by atoms with Gasteiger partial charge in [-0.15, -0.1) is 0 Å². The monoisotopic (exact) mass is 629 g/mol. The second-order valence-corrected chi connectivity index (χ2v) is 11.4. The van der Waals surface area contributed by atoms with Crippen molar-refractivity contribution in [2.24, 2.45) is 5.92 Å². The number of esters is 3. The van der Waals surface area contributed by atoms with Crippen molar-refractivity contribution >= 4 is 37.4 Å². The standard InChI is InChI=1S/C27H41FN5O9P/c1-6-17(7-2)12-38-26(36)16(5)32-43(37)39-14-27(13-28)24(41-21(35)9-4)23(40-20(34)8-3)22(42-27)18-10-11-19-25(29)30-15-31-33(18)19/h10-11,15-17,22-24,43H,6-9,12-14H2,1-5H3,(H,32,37)(H2,29,30,31)/t16-,22-,23-,24-,27+/m0/s1. The smallest absolute Gasteiger partial charge is 0.323 e. The highest BCUT2D eigenvalue weighted by atomic mass is 31.1. The third kappa shape index (κ3) is 8.08. The Morgan fingerprint density at radius 2 is 1.84 bits per heavy atom. The highest BCUT2D eigenvalue weighted by Crippen LogP contribution is 2.45. The molecule has 0 aliphatic carbocycles. The third-order valence-corrected chi connectivity index (χ3v) is 8.44. The summed E-state index contributed by atoms with van der Waals surface area (Å²) < 4.78 is 57.6. The molecule has 1 unspecified atom stereocenters. The molecule has 3 N–H and O–H groups in total. The predicted octanol–water partition coefficient (Wildman–Crippen LogP) is 3.10. The number of nitrogen functional groups attached to an aromatic ring is 1. The summed E-state index contributed by atoms with van der Waals surface area (Å²) in [5.74, 6) is -1.62. The summed E-state index contributed by atoms with van der Waals surface area (Å²) in [4.78, 5) is 41.3. The Hall–Kier alpha value is -3.13. The van der Waals surface area contributed by atoms with Crippen molar-refractivity contribution in [2.45, 2.75) is 90.3 Å². The van der Waals surface area contributed by atoms with Crippen LogP contribution in [0.15, 0.2) is 18.5 Å². The average molecular weight is 630 g/mol. The lowest BCUT2D eigenvalue weighted by molar-refractivity contribution is -0.174. The minimum absolute atomic E-state index is 0.0241. The Balaban J connectivity index is 1.88. The van der Waals surface area contributed by atoms with Crippen molar-refractivity contribution in [3.8, 4) is 0 Å². The molecule has 3 rings (SSSR count). The zero-order valence-electron chi connectivity index (χ0n) is 25.0. The molecule has 0 aromatic carbocycles. The van der Waals surface area contributed by atoms with Crippen molar-refractivity contribution in [2.75, 3.05) is 25.6 Å². The lowest BCUT2D eigenvalue weighted by atomic mass is 9.95. The number of hydrogen-bond acceptors (Lipinski definition) is 12. The number of fused-ring (bicyclic) bond motifs is 1. The Morgan fingerprint density at radius 1 is 1.16 bits per heavy atom. The number of halogens is 1. The zero-order chi connectivity index (χ0) is 31.7. The Bertz CT molecular complexity index is 1290. The van der Waals surface area contributed by atoms with Crippen molar-refractivity contribution < 1.29 is 46.8 Å². The fourth-order valence-corrected chi connectivity index (χ4v) is 5.53. The number of nitrogens with two attached hydrogens (primary N) is 1. The molecule has 3 heterocycles. The first-order chi connectivity index (χ1) is 20.5. The van der Waals surface area contributed by atoms with Gasteiger partial charge in [0, 0.05) is 12.8 Å². The van der Waals surface area contributed by atoms with Gasteiger partial charge in [-0.05, 0) is 25.0 Å². The summed E-state index contributed by atoms with van der Waals surface area (Å²) in [5.41, 5.74) is 4.65. The van der Waals surface area contributed by atoms with Crippen LogP contribution in [-0.2, 0) is 42.4 Å². The van der Waals surface area contributed by atoms with Crippen molar-refractivity contribution in [3.63, 3.8) is 0 Å². The first-order valence-corrected chi connectivity index (χ1v) is 15.7. The SMILES string of the molecule is CCC(=O)O[C@H]1[C@H](c2ccc3c(N)ncnn23)O[C@](CF)(CO[PH](=O)N[C@@H](C)C(=O)OCC(CC)CC)[C@H]1OC(=O)CC. The van der Waals surface area contributed by atoms with Crippen LogP contribution in [0.3, 0.4) is 0 Å². The summed E-state index contributed by atoms with van der Waals surface area (Å²) in [7, 11) is -3.17. The lowest BCUT2D eigenvalue weighted by Gasteiger charge is -2.32. The molecular formula is C27H41FN5O9P. The van der Waals surface area contributed by atoms with Gasteiger partial charge in [-0.25, -0.2) is 19.0 Å². The molecule has 1 fully saturated rings. The van der Waals surface area contributed by atoms with E-state index in [1.54, 1.807) is 26.0 Å². The maximum Gasteiger partial charge on any atom is 0.323 e. The molecule has 1 aliphatic heterocycles. The summed E-state index contributed by atoms with van der Waals surface area (Å²) in [6.07, 6.45) is -1.21. The molecule has 16 heteroatoms. The lowest BCUT2D eigenvalue weighted by Crippen LogP contribution is -2.51. The van der Waals surface area contributed by atoms with E-state index >= 15 is 4.39 Å². The first-order valence-electron chi connectivity index (χ1n) is 14.3. The van der Waals surface area contributed by atoms with Crippen LogP contribution in [0.1, 0.15) is 72.1 Å². The van der Waals surface area contributed by atoms with E-state index in [4.69, 9.17) is 29.2 Å². The van der Waals surface area contributed by atoms with Gasteiger partial charge in [-0.3, -0.25) is 18.9 Å². The van der Waals surface area contributed by atoms with Gasteiger partial charge in [0.05, 0.1) is 18.9 Å². The fourth-order valence-electron chi connectivity index (χ4n) is 4.60. The van der Waals surface area contributed by atoms with E-state index < -0.39 is 69.3 Å². The number of ether oxygens (including phenoxy) is 4. The van der Waals surface area contributed by atoms with Crippen LogP contribution >= 0.6 is 8.18 Å². The number of nitrogens with one attached hydrogen (secondary N) is 1. The topological polar surface area (TPSA) is 183 Å². The molecular weight excluding hydrogens is 588 g/mol. The number of aromatic nitrogens is 3. The maximum atomic E-state index is 15.1. The van der Waals surface area contributed by atoms with Crippen LogP contribution in [0.4, 0.5) is 10.2 Å².